The van der Waals surface area contributed by atoms with E-state index in [2.05, 4.69) is 28.1 Å². The first-order valence-corrected chi connectivity index (χ1v) is 13.3. The molecule has 1 amide bonds. The third-order valence-corrected chi connectivity index (χ3v) is 8.47. The fourth-order valence-electron chi connectivity index (χ4n) is 4.30. The van der Waals surface area contributed by atoms with E-state index >= 15 is 0 Å². The minimum Gasteiger partial charge on any atom is -0.352 e. The number of nitrogens with zero attached hydrogens (tertiary/aromatic N) is 5. The number of rotatable bonds is 7. The van der Waals surface area contributed by atoms with Crippen molar-refractivity contribution in [3.63, 3.8) is 0 Å². The summed E-state index contributed by atoms with van der Waals surface area (Å²) >= 11 is 0. The molecule has 184 valence electrons. The number of carbonyl (C=O) groups excluding carboxylic acids is 1. The SMILES string of the molecule is CCN(CC)S(=O)(=O)c1ccc(C(=O)N2CCN(c3ccc(-c4ccccc4C)nn3)CC2)cc1. The predicted octanol–water partition coefficient (Wildman–Crippen LogP) is 3.44. The molecule has 4 rings (SSSR count). The van der Waals surface area contributed by atoms with Gasteiger partial charge in [0.05, 0.1) is 10.6 Å². The van der Waals surface area contributed by atoms with E-state index in [0.29, 0.717) is 44.8 Å². The van der Waals surface area contributed by atoms with Crippen molar-refractivity contribution in [2.75, 3.05) is 44.2 Å². The van der Waals surface area contributed by atoms with E-state index in [0.717, 1.165) is 22.6 Å². The molecule has 0 N–H and O–H groups in total. The monoisotopic (exact) mass is 493 g/mol. The summed E-state index contributed by atoms with van der Waals surface area (Å²) in [4.78, 5) is 17.1. The third-order valence-electron chi connectivity index (χ3n) is 6.41. The van der Waals surface area contributed by atoms with E-state index in [1.807, 2.05) is 44.2 Å². The lowest BCUT2D eigenvalue weighted by Gasteiger charge is -2.35. The Kier molecular flexibility index (Phi) is 7.47. The minimum atomic E-state index is -3.54. The fourth-order valence-corrected chi connectivity index (χ4v) is 5.76. The van der Waals surface area contributed by atoms with E-state index in [4.69, 9.17) is 0 Å². The molecule has 9 heteroatoms. The Morgan fingerprint density at radius 3 is 2.11 bits per heavy atom. The first kappa shape index (κ1) is 24.8. The number of piperazine rings is 1. The van der Waals surface area contributed by atoms with Crippen LogP contribution < -0.4 is 4.90 Å². The van der Waals surface area contributed by atoms with Gasteiger partial charge in [-0.3, -0.25) is 4.79 Å². The first-order chi connectivity index (χ1) is 16.8. The molecular weight excluding hydrogens is 462 g/mol. The zero-order valence-electron chi connectivity index (χ0n) is 20.4. The summed E-state index contributed by atoms with van der Waals surface area (Å²) in [5.41, 5.74) is 3.55. The van der Waals surface area contributed by atoms with Crippen molar-refractivity contribution in [2.24, 2.45) is 0 Å². The smallest absolute Gasteiger partial charge is 0.253 e. The number of carbonyl (C=O) groups is 1. The van der Waals surface area contributed by atoms with Crippen molar-refractivity contribution in [3.8, 4) is 11.3 Å². The molecule has 1 aliphatic heterocycles. The molecule has 0 unspecified atom stereocenters. The molecule has 0 saturated carbocycles. The van der Waals surface area contributed by atoms with Crippen LogP contribution in [0, 0.1) is 6.92 Å². The second-order valence-electron chi connectivity index (χ2n) is 8.48. The molecule has 0 radical (unpaired) electrons. The number of amides is 1. The Bertz CT molecular complexity index is 1270. The summed E-state index contributed by atoms with van der Waals surface area (Å²) in [6, 6.07) is 18.3. The minimum absolute atomic E-state index is 0.0996. The van der Waals surface area contributed by atoms with Crippen LogP contribution in [-0.2, 0) is 10.0 Å². The second-order valence-corrected chi connectivity index (χ2v) is 10.4. The van der Waals surface area contributed by atoms with Crippen LogP contribution in [0.25, 0.3) is 11.3 Å². The molecule has 0 bridgehead atoms. The van der Waals surface area contributed by atoms with Gasteiger partial charge in [-0.05, 0) is 48.9 Å². The molecule has 0 atom stereocenters. The second kappa shape index (κ2) is 10.5. The number of anilines is 1. The number of hydrogen-bond donors (Lipinski definition) is 0. The normalized spacial score (nSPS) is 14.4. The maximum Gasteiger partial charge on any atom is 0.253 e. The van der Waals surface area contributed by atoms with Crippen LogP contribution in [0.4, 0.5) is 5.82 Å². The molecule has 2 heterocycles. The van der Waals surface area contributed by atoms with Crippen molar-refractivity contribution in [2.45, 2.75) is 25.7 Å². The Balaban J connectivity index is 1.38. The predicted molar refractivity (Wildman–Crippen MR) is 137 cm³/mol. The molecule has 1 aliphatic rings. The van der Waals surface area contributed by atoms with E-state index in [-0.39, 0.29) is 10.8 Å². The number of aromatic nitrogens is 2. The highest BCUT2D eigenvalue weighted by molar-refractivity contribution is 7.89. The lowest BCUT2D eigenvalue weighted by Crippen LogP contribution is -2.49. The van der Waals surface area contributed by atoms with Gasteiger partial charge in [0.1, 0.15) is 0 Å². The molecule has 0 spiro atoms. The lowest BCUT2D eigenvalue weighted by atomic mass is 10.1. The Morgan fingerprint density at radius 1 is 0.886 bits per heavy atom. The highest BCUT2D eigenvalue weighted by atomic mass is 32.2. The third kappa shape index (κ3) is 5.21. The van der Waals surface area contributed by atoms with E-state index in [1.54, 1.807) is 17.0 Å². The molecule has 1 saturated heterocycles. The molecule has 8 nitrogen and oxygen atoms in total. The van der Waals surface area contributed by atoms with Gasteiger partial charge in [0, 0.05) is 50.4 Å². The summed E-state index contributed by atoms with van der Waals surface area (Å²) in [5, 5.41) is 8.83. The Morgan fingerprint density at radius 2 is 1.54 bits per heavy atom. The van der Waals surface area contributed by atoms with Crippen LogP contribution in [0.1, 0.15) is 29.8 Å². The van der Waals surface area contributed by atoms with E-state index in [9.17, 15) is 13.2 Å². The number of aryl methyl sites for hydroxylation is 1. The standard InChI is InChI=1S/C26H31N5O3S/c1-4-31(5-2)35(33,34)22-12-10-21(11-13-22)26(32)30-18-16-29(17-19-30)25-15-14-24(27-28-25)23-9-7-6-8-20(23)3/h6-15H,4-5,16-19H2,1-3H3. The van der Waals surface area contributed by atoms with E-state index in [1.165, 1.54) is 16.4 Å². The Hall–Kier alpha value is -3.30. The number of benzene rings is 2. The maximum atomic E-state index is 13.0. The molecular formula is C26H31N5O3S. The van der Waals surface area contributed by atoms with Gasteiger partial charge < -0.3 is 9.80 Å². The van der Waals surface area contributed by atoms with Crippen LogP contribution in [0.15, 0.2) is 65.6 Å². The van der Waals surface area contributed by atoms with Crippen molar-refractivity contribution in [3.05, 3.63) is 71.8 Å². The van der Waals surface area contributed by atoms with Gasteiger partial charge in [0.25, 0.3) is 5.91 Å². The molecule has 1 fully saturated rings. The summed E-state index contributed by atoms with van der Waals surface area (Å²) in [5.74, 6) is 0.692. The van der Waals surface area contributed by atoms with Crippen molar-refractivity contribution < 1.29 is 13.2 Å². The molecule has 35 heavy (non-hydrogen) atoms. The number of sulfonamides is 1. The molecule has 3 aromatic rings. The van der Waals surface area contributed by atoms with Gasteiger partial charge in [0.2, 0.25) is 10.0 Å². The largest absolute Gasteiger partial charge is 0.352 e. The topological polar surface area (TPSA) is 86.7 Å². The maximum absolute atomic E-state index is 13.0. The van der Waals surface area contributed by atoms with Gasteiger partial charge in [-0.1, -0.05) is 38.1 Å². The lowest BCUT2D eigenvalue weighted by molar-refractivity contribution is 0.0746. The van der Waals surface area contributed by atoms with Crippen LogP contribution in [0.5, 0.6) is 0 Å². The summed E-state index contributed by atoms with van der Waals surface area (Å²) in [6.07, 6.45) is 0. The van der Waals surface area contributed by atoms with E-state index < -0.39 is 10.0 Å². The van der Waals surface area contributed by atoms with Gasteiger partial charge in [-0.2, -0.15) is 4.31 Å². The number of hydrogen-bond acceptors (Lipinski definition) is 6. The Labute approximate surface area is 207 Å². The van der Waals surface area contributed by atoms with Gasteiger partial charge in [0.15, 0.2) is 5.82 Å². The van der Waals surface area contributed by atoms with Crippen LogP contribution in [0.3, 0.4) is 0 Å². The van der Waals surface area contributed by atoms with Crippen molar-refractivity contribution >= 4 is 21.7 Å². The van der Waals surface area contributed by atoms with Gasteiger partial charge in [-0.25, -0.2) is 8.42 Å². The molecule has 1 aromatic heterocycles. The van der Waals surface area contributed by atoms with Crippen molar-refractivity contribution in [1.29, 1.82) is 0 Å². The van der Waals surface area contributed by atoms with Gasteiger partial charge in [-0.15, -0.1) is 10.2 Å². The molecule has 2 aromatic carbocycles. The zero-order chi connectivity index (χ0) is 25.0. The van der Waals surface area contributed by atoms with Gasteiger partial charge >= 0.3 is 0 Å². The zero-order valence-corrected chi connectivity index (χ0v) is 21.2. The van der Waals surface area contributed by atoms with Crippen LogP contribution in [-0.4, -0.2) is 73.0 Å². The summed E-state index contributed by atoms with van der Waals surface area (Å²) < 4.78 is 26.8. The fraction of sp³-hybridized carbons (Fsp3) is 0.346. The quantitative estimate of drug-likeness (QED) is 0.501. The van der Waals surface area contributed by atoms with Crippen LogP contribution >= 0.6 is 0 Å². The average molecular weight is 494 g/mol. The average Bonchev–Trinajstić information content (AvgIpc) is 2.89. The highest BCUT2D eigenvalue weighted by Crippen LogP contribution is 2.23. The highest BCUT2D eigenvalue weighted by Gasteiger charge is 2.25. The van der Waals surface area contributed by atoms with Crippen molar-refractivity contribution in [1.82, 2.24) is 19.4 Å². The molecule has 0 aliphatic carbocycles. The first-order valence-electron chi connectivity index (χ1n) is 11.9. The summed E-state index contributed by atoms with van der Waals surface area (Å²) in [7, 11) is -3.54. The van der Waals surface area contributed by atoms with Crippen LogP contribution in [0.2, 0.25) is 0 Å². The summed E-state index contributed by atoms with van der Waals surface area (Å²) in [6.45, 7) is 8.89.